The Morgan fingerprint density at radius 3 is 2.44 bits per heavy atom. The third-order valence-electron chi connectivity index (χ3n) is 5.11. The van der Waals surface area contributed by atoms with Crippen molar-refractivity contribution in [1.82, 2.24) is 0 Å². The molecule has 3 aromatic carbocycles. The van der Waals surface area contributed by atoms with Gasteiger partial charge in [-0.1, -0.05) is 30.3 Å². The zero-order chi connectivity index (χ0) is 25.7. The number of benzene rings is 3. The van der Waals surface area contributed by atoms with E-state index in [4.69, 9.17) is 18.4 Å². The predicted octanol–water partition coefficient (Wildman–Crippen LogP) is 4.66. The number of nitrogens with zero attached hydrogens (tertiary/aromatic N) is 1. The second kappa shape index (κ2) is 10.8. The van der Waals surface area contributed by atoms with Crippen molar-refractivity contribution in [1.29, 1.82) is 0 Å². The highest BCUT2D eigenvalue weighted by Crippen LogP contribution is 2.34. The lowest BCUT2D eigenvalue weighted by molar-refractivity contribution is -0.188. The molecule has 0 saturated carbocycles. The van der Waals surface area contributed by atoms with Crippen LogP contribution in [-0.2, 0) is 31.5 Å². The van der Waals surface area contributed by atoms with E-state index in [1.165, 1.54) is 24.1 Å². The van der Waals surface area contributed by atoms with Crippen LogP contribution >= 0.6 is 0 Å². The monoisotopic (exact) mass is 520 g/mol. The molecule has 1 atom stereocenters. The van der Waals surface area contributed by atoms with E-state index in [0.717, 1.165) is 0 Å². The molecule has 0 aliphatic carbocycles. The van der Waals surface area contributed by atoms with Crippen molar-refractivity contribution in [3.63, 3.8) is 0 Å². The molecule has 188 valence electrons. The quantitative estimate of drug-likeness (QED) is 0.403. The molecule has 7 nitrogen and oxygen atoms in total. The van der Waals surface area contributed by atoms with E-state index < -0.39 is 35.0 Å². The number of rotatable bonds is 8. The molecule has 0 radical (unpaired) electrons. The van der Waals surface area contributed by atoms with Crippen molar-refractivity contribution in [2.45, 2.75) is 17.6 Å². The van der Waals surface area contributed by atoms with E-state index in [9.17, 15) is 22.8 Å². The van der Waals surface area contributed by atoms with E-state index in [0.29, 0.717) is 28.5 Å². The average Bonchev–Trinajstić information content (AvgIpc) is 3.34. The van der Waals surface area contributed by atoms with Gasteiger partial charge in [-0.15, -0.1) is 0 Å². The molecule has 3 aromatic rings. The van der Waals surface area contributed by atoms with Crippen LogP contribution in [0.25, 0.3) is 0 Å². The maximum Gasteiger partial charge on any atom is 0.496 e. The van der Waals surface area contributed by atoms with Gasteiger partial charge in [0.25, 0.3) is 5.91 Å². The maximum atomic E-state index is 13.6. The third kappa shape index (κ3) is 6.03. The van der Waals surface area contributed by atoms with Crippen molar-refractivity contribution < 1.29 is 41.2 Å². The van der Waals surface area contributed by atoms with Gasteiger partial charge in [-0.25, -0.2) is 8.98 Å². The fraction of sp³-hybridized carbons (Fsp3) is 0.200. The largest absolute Gasteiger partial charge is 0.497 e. The SMILES string of the molecule is COc1cccc(N(Cc2ccc3c(c2)OCO3)C(=O)C[S+](OC(=O)C(F)(F)F)c2ccccc2)c1. The van der Waals surface area contributed by atoms with E-state index in [1.807, 2.05) is 0 Å². The van der Waals surface area contributed by atoms with Gasteiger partial charge in [-0.3, -0.25) is 4.79 Å². The van der Waals surface area contributed by atoms with Gasteiger partial charge >= 0.3 is 12.1 Å². The van der Waals surface area contributed by atoms with E-state index in [-0.39, 0.29) is 18.2 Å². The summed E-state index contributed by atoms with van der Waals surface area (Å²) in [7, 11) is 1.48. The summed E-state index contributed by atoms with van der Waals surface area (Å²) >= 11 is -1.79. The Kier molecular flexibility index (Phi) is 7.58. The molecule has 0 spiro atoms. The highest BCUT2D eigenvalue weighted by Gasteiger charge is 2.48. The van der Waals surface area contributed by atoms with Gasteiger partial charge in [0.2, 0.25) is 28.6 Å². The van der Waals surface area contributed by atoms with Crippen LogP contribution in [0.2, 0.25) is 0 Å². The van der Waals surface area contributed by atoms with Crippen LogP contribution in [0, 0.1) is 0 Å². The molecule has 11 heteroatoms. The number of carbonyl (C=O) groups is 2. The smallest absolute Gasteiger partial charge is 0.496 e. The first-order valence-electron chi connectivity index (χ1n) is 10.6. The van der Waals surface area contributed by atoms with Gasteiger partial charge in [0, 0.05) is 11.8 Å². The Morgan fingerprint density at radius 1 is 0.972 bits per heavy atom. The second-order valence-corrected chi connectivity index (χ2v) is 9.16. The Morgan fingerprint density at radius 2 is 1.72 bits per heavy atom. The van der Waals surface area contributed by atoms with Crippen molar-refractivity contribution >= 4 is 28.7 Å². The fourth-order valence-corrected chi connectivity index (χ4v) is 4.83. The molecule has 0 bridgehead atoms. The van der Waals surface area contributed by atoms with Gasteiger partial charge in [-0.2, -0.15) is 13.2 Å². The Balaban J connectivity index is 1.65. The van der Waals surface area contributed by atoms with Gasteiger partial charge in [0.15, 0.2) is 11.5 Å². The molecule has 0 aromatic heterocycles. The molecular formula is C25H21F3NO6S+. The summed E-state index contributed by atoms with van der Waals surface area (Å²) in [5, 5.41) is 0. The molecular weight excluding hydrogens is 499 g/mol. The number of ether oxygens (including phenoxy) is 3. The van der Waals surface area contributed by atoms with E-state index in [2.05, 4.69) is 0 Å². The summed E-state index contributed by atoms with van der Waals surface area (Å²) in [6.45, 7) is 0.156. The third-order valence-corrected chi connectivity index (χ3v) is 6.77. The molecule has 1 aliphatic heterocycles. The van der Waals surface area contributed by atoms with Gasteiger partial charge in [-0.05, 0) is 42.0 Å². The zero-order valence-corrected chi connectivity index (χ0v) is 19.8. The topological polar surface area (TPSA) is 74.3 Å². The highest BCUT2D eigenvalue weighted by molar-refractivity contribution is 7.93. The first kappa shape index (κ1) is 25.2. The number of hydrogen-bond acceptors (Lipinski definition) is 6. The van der Waals surface area contributed by atoms with Crippen molar-refractivity contribution in [3.8, 4) is 17.2 Å². The lowest BCUT2D eigenvalue weighted by Crippen LogP contribution is -2.38. The van der Waals surface area contributed by atoms with Crippen LogP contribution in [0.15, 0.2) is 77.7 Å². The summed E-state index contributed by atoms with van der Waals surface area (Å²) in [5.74, 6) is -1.82. The molecule has 1 unspecified atom stereocenters. The van der Waals surface area contributed by atoms with Crippen molar-refractivity contribution in [3.05, 3.63) is 78.4 Å². The number of fused-ring (bicyclic) bond motifs is 1. The molecule has 0 N–H and O–H groups in total. The van der Waals surface area contributed by atoms with E-state index >= 15 is 0 Å². The first-order chi connectivity index (χ1) is 17.2. The minimum absolute atomic E-state index is 0.0713. The lowest BCUT2D eigenvalue weighted by atomic mass is 10.1. The van der Waals surface area contributed by atoms with Crippen LogP contribution in [0.3, 0.4) is 0 Å². The molecule has 0 saturated heterocycles. The average molecular weight is 521 g/mol. The lowest BCUT2D eigenvalue weighted by Gasteiger charge is -2.23. The molecule has 1 heterocycles. The van der Waals surface area contributed by atoms with Crippen LogP contribution in [0.1, 0.15) is 5.56 Å². The molecule has 4 rings (SSSR count). The minimum atomic E-state index is -5.19. The number of anilines is 1. The molecule has 1 amide bonds. The van der Waals surface area contributed by atoms with Crippen molar-refractivity contribution in [2.75, 3.05) is 24.6 Å². The van der Waals surface area contributed by atoms with Crippen molar-refractivity contribution in [2.24, 2.45) is 0 Å². The number of halogens is 3. The molecule has 1 aliphatic rings. The summed E-state index contributed by atoms with van der Waals surface area (Å²) in [4.78, 5) is 26.9. The number of alkyl halides is 3. The van der Waals surface area contributed by atoms with Crippen LogP contribution in [-0.4, -0.2) is 37.7 Å². The van der Waals surface area contributed by atoms with Crippen LogP contribution in [0.5, 0.6) is 17.2 Å². The predicted molar refractivity (Wildman–Crippen MR) is 126 cm³/mol. The van der Waals surface area contributed by atoms with Gasteiger partial charge in [0.1, 0.15) is 5.75 Å². The Bertz CT molecular complexity index is 1240. The fourth-order valence-electron chi connectivity index (χ4n) is 3.39. The molecule has 36 heavy (non-hydrogen) atoms. The Hall–Kier alpha value is -3.86. The van der Waals surface area contributed by atoms with E-state index in [1.54, 1.807) is 60.7 Å². The number of methoxy groups -OCH3 is 1. The normalized spacial score (nSPS) is 13.1. The number of hydrogen-bond donors (Lipinski definition) is 0. The van der Waals surface area contributed by atoms with Crippen LogP contribution in [0.4, 0.5) is 18.9 Å². The van der Waals surface area contributed by atoms with Crippen LogP contribution < -0.4 is 19.1 Å². The van der Waals surface area contributed by atoms with Gasteiger partial charge in [0.05, 0.1) is 13.7 Å². The second-order valence-electron chi connectivity index (χ2n) is 7.54. The minimum Gasteiger partial charge on any atom is -0.497 e. The summed E-state index contributed by atoms with van der Waals surface area (Å²) in [6.07, 6.45) is -5.19. The summed E-state index contributed by atoms with van der Waals surface area (Å²) < 4.78 is 59.7. The molecule has 0 fully saturated rings. The number of amides is 1. The standard InChI is InChI=1S/C25H21F3NO6S/c1-32-19-7-5-6-18(13-19)29(14-17-10-11-21-22(12-17)34-16-33-21)23(30)15-36(20-8-3-2-4-9-20)35-24(31)25(26,27)28/h2-13H,14-16H2,1H3/q+1. The summed E-state index contributed by atoms with van der Waals surface area (Å²) in [5.41, 5.74) is 1.15. The zero-order valence-electron chi connectivity index (χ0n) is 19.0. The maximum absolute atomic E-state index is 13.6. The number of carbonyl (C=O) groups excluding carboxylic acids is 2. The first-order valence-corrected chi connectivity index (χ1v) is 11.9. The summed E-state index contributed by atoms with van der Waals surface area (Å²) in [6, 6.07) is 19.8. The Labute approximate surface area is 207 Å². The highest BCUT2D eigenvalue weighted by atomic mass is 32.2. The van der Waals surface area contributed by atoms with Gasteiger partial charge < -0.3 is 19.1 Å².